The Bertz CT molecular complexity index is 291. The van der Waals surface area contributed by atoms with Gasteiger partial charge in [0.25, 0.3) is 0 Å². The molecular weight excluding hydrogens is 196 g/mol. The zero-order valence-corrected chi connectivity index (χ0v) is 9.18. The number of hydrazine groups is 1. The zero-order valence-electron chi connectivity index (χ0n) is 8.36. The van der Waals surface area contributed by atoms with Gasteiger partial charge in [-0.3, -0.25) is 5.43 Å². The second kappa shape index (κ2) is 4.25. The fourth-order valence-electron chi connectivity index (χ4n) is 1.84. The maximum absolute atomic E-state index is 5.30. The first-order chi connectivity index (χ1) is 6.79. The van der Waals surface area contributed by atoms with Crippen LogP contribution in [0.2, 0.25) is 0 Å². The summed E-state index contributed by atoms with van der Waals surface area (Å²) >= 11 is 1.58. The lowest BCUT2D eigenvalue weighted by molar-refractivity contribution is 0.254. The Morgan fingerprint density at radius 2 is 2.29 bits per heavy atom. The topological polar surface area (TPSA) is 54.2 Å². The average Bonchev–Trinajstić information content (AvgIpc) is 2.67. The molecule has 1 aromatic rings. The number of hydrogen-bond donors (Lipinski definition) is 2. The van der Waals surface area contributed by atoms with Gasteiger partial charge >= 0.3 is 0 Å². The first-order valence-corrected chi connectivity index (χ1v) is 5.78. The lowest BCUT2D eigenvalue weighted by Gasteiger charge is -2.27. The van der Waals surface area contributed by atoms with Gasteiger partial charge in [-0.1, -0.05) is 0 Å². The van der Waals surface area contributed by atoms with Crippen molar-refractivity contribution in [2.45, 2.75) is 18.8 Å². The Kier molecular flexibility index (Phi) is 3.00. The quantitative estimate of drug-likeness (QED) is 0.572. The summed E-state index contributed by atoms with van der Waals surface area (Å²) in [5.41, 5.74) is 3.80. The highest BCUT2D eigenvalue weighted by molar-refractivity contribution is 7.13. The van der Waals surface area contributed by atoms with Crippen LogP contribution in [0, 0.1) is 0 Å². The smallest absolute Gasteiger partial charge is 0.197 e. The minimum atomic E-state index is 0.629. The molecule has 0 bridgehead atoms. The molecule has 4 nitrogen and oxygen atoms in total. The lowest BCUT2D eigenvalue weighted by Crippen LogP contribution is -2.29. The van der Waals surface area contributed by atoms with Gasteiger partial charge in [-0.05, 0) is 33.0 Å². The Hall–Kier alpha value is -0.650. The molecule has 0 unspecified atom stereocenters. The standard InChI is InChI=1S/C9H16N4S/c1-13-4-2-7(3-5-13)8-6-14-9(11-8)12-10/h6-7H,2-5,10H2,1H3,(H,11,12). The van der Waals surface area contributed by atoms with E-state index in [1.54, 1.807) is 11.3 Å². The fraction of sp³-hybridized carbons (Fsp3) is 0.667. The molecule has 0 saturated carbocycles. The third-order valence-corrected chi connectivity index (χ3v) is 3.57. The maximum atomic E-state index is 5.30. The molecule has 0 radical (unpaired) electrons. The van der Waals surface area contributed by atoms with Crippen LogP contribution >= 0.6 is 11.3 Å². The molecule has 2 rings (SSSR count). The number of nitrogen functional groups attached to an aromatic ring is 1. The predicted octanol–water partition coefficient (Wildman–Crippen LogP) is 1.24. The Balaban J connectivity index is 2.01. The van der Waals surface area contributed by atoms with E-state index in [9.17, 15) is 0 Å². The molecule has 3 N–H and O–H groups in total. The largest absolute Gasteiger partial charge is 0.306 e. The monoisotopic (exact) mass is 212 g/mol. The number of piperidine rings is 1. The van der Waals surface area contributed by atoms with Crippen LogP contribution in [0.15, 0.2) is 5.38 Å². The summed E-state index contributed by atoms with van der Waals surface area (Å²) < 4.78 is 0. The zero-order chi connectivity index (χ0) is 9.97. The van der Waals surface area contributed by atoms with Crippen molar-refractivity contribution in [3.8, 4) is 0 Å². The molecule has 5 heteroatoms. The van der Waals surface area contributed by atoms with E-state index in [0.29, 0.717) is 5.92 Å². The van der Waals surface area contributed by atoms with Gasteiger partial charge in [0, 0.05) is 11.3 Å². The van der Waals surface area contributed by atoms with E-state index in [1.807, 2.05) is 0 Å². The number of rotatable bonds is 2. The molecule has 0 aromatic carbocycles. The summed E-state index contributed by atoms with van der Waals surface area (Å²) in [5, 5.41) is 2.93. The van der Waals surface area contributed by atoms with Gasteiger partial charge in [0.2, 0.25) is 0 Å². The van der Waals surface area contributed by atoms with Crippen molar-refractivity contribution in [2.24, 2.45) is 5.84 Å². The SMILES string of the molecule is CN1CCC(c2csc(NN)n2)CC1. The summed E-state index contributed by atoms with van der Waals surface area (Å²) in [6, 6.07) is 0. The van der Waals surface area contributed by atoms with Gasteiger partial charge in [0.15, 0.2) is 5.13 Å². The van der Waals surface area contributed by atoms with Crippen LogP contribution in [0.1, 0.15) is 24.5 Å². The minimum Gasteiger partial charge on any atom is -0.306 e. The number of likely N-dealkylation sites (tertiary alicyclic amines) is 1. The second-order valence-corrected chi connectivity index (χ2v) is 4.66. The highest BCUT2D eigenvalue weighted by Crippen LogP contribution is 2.29. The predicted molar refractivity (Wildman–Crippen MR) is 59.4 cm³/mol. The molecule has 78 valence electrons. The molecule has 1 fully saturated rings. The number of hydrogen-bond acceptors (Lipinski definition) is 5. The number of thiazole rings is 1. The Morgan fingerprint density at radius 3 is 2.86 bits per heavy atom. The highest BCUT2D eigenvalue weighted by Gasteiger charge is 2.20. The number of aromatic nitrogens is 1. The number of nitrogens with one attached hydrogen (secondary N) is 1. The number of nitrogens with two attached hydrogens (primary N) is 1. The summed E-state index contributed by atoms with van der Waals surface area (Å²) in [7, 11) is 2.17. The molecule has 1 saturated heterocycles. The van der Waals surface area contributed by atoms with Gasteiger partial charge < -0.3 is 4.90 Å². The van der Waals surface area contributed by atoms with Crippen molar-refractivity contribution >= 4 is 16.5 Å². The second-order valence-electron chi connectivity index (χ2n) is 3.80. The van der Waals surface area contributed by atoms with Crippen LogP contribution in [0.3, 0.4) is 0 Å². The molecule has 1 aromatic heterocycles. The van der Waals surface area contributed by atoms with Crippen molar-refractivity contribution in [1.29, 1.82) is 0 Å². The molecule has 1 aliphatic heterocycles. The first-order valence-electron chi connectivity index (χ1n) is 4.90. The molecule has 14 heavy (non-hydrogen) atoms. The summed E-state index contributed by atoms with van der Waals surface area (Å²) in [5.74, 6) is 5.93. The van der Waals surface area contributed by atoms with Crippen molar-refractivity contribution in [2.75, 3.05) is 25.6 Å². The van der Waals surface area contributed by atoms with Crippen LogP contribution in [-0.2, 0) is 0 Å². The van der Waals surface area contributed by atoms with Crippen molar-refractivity contribution in [3.63, 3.8) is 0 Å². The van der Waals surface area contributed by atoms with Crippen LogP contribution in [0.5, 0.6) is 0 Å². The Labute approximate surface area is 88.1 Å². The first kappa shape index (κ1) is 9.89. The molecule has 0 aliphatic carbocycles. The van der Waals surface area contributed by atoms with E-state index in [-0.39, 0.29) is 0 Å². The summed E-state index contributed by atoms with van der Waals surface area (Å²) in [6.45, 7) is 2.35. The Morgan fingerprint density at radius 1 is 1.57 bits per heavy atom. The lowest BCUT2D eigenvalue weighted by atomic mass is 9.95. The summed E-state index contributed by atoms with van der Waals surface area (Å²) in [6.07, 6.45) is 2.43. The van der Waals surface area contributed by atoms with Crippen molar-refractivity contribution < 1.29 is 0 Å². The van der Waals surface area contributed by atoms with Crippen molar-refractivity contribution in [3.05, 3.63) is 11.1 Å². The minimum absolute atomic E-state index is 0.629. The summed E-state index contributed by atoms with van der Waals surface area (Å²) in [4.78, 5) is 6.81. The molecule has 0 spiro atoms. The third kappa shape index (κ3) is 2.05. The maximum Gasteiger partial charge on any atom is 0.197 e. The highest BCUT2D eigenvalue weighted by atomic mass is 32.1. The van der Waals surface area contributed by atoms with Crippen LogP contribution < -0.4 is 11.3 Å². The van der Waals surface area contributed by atoms with Crippen molar-refractivity contribution in [1.82, 2.24) is 9.88 Å². The molecular formula is C9H16N4S. The molecule has 1 aliphatic rings. The molecule has 0 atom stereocenters. The van der Waals surface area contributed by atoms with Gasteiger partial charge in [-0.25, -0.2) is 10.8 Å². The van der Waals surface area contributed by atoms with E-state index in [1.165, 1.54) is 31.6 Å². The van der Waals surface area contributed by atoms with Crippen LogP contribution in [-0.4, -0.2) is 30.0 Å². The average molecular weight is 212 g/mol. The van der Waals surface area contributed by atoms with Gasteiger partial charge in [0.05, 0.1) is 5.69 Å². The normalized spacial score (nSPS) is 19.9. The van der Waals surface area contributed by atoms with E-state index in [0.717, 1.165) is 5.13 Å². The van der Waals surface area contributed by atoms with Crippen LogP contribution in [0.4, 0.5) is 5.13 Å². The van der Waals surface area contributed by atoms with Gasteiger partial charge in [-0.15, -0.1) is 11.3 Å². The molecule has 2 heterocycles. The van der Waals surface area contributed by atoms with Crippen LogP contribution in [0.25, 0.3) is 0 Å². The number of anilines is 1. The van der Waals surface area contributed by atoms with E-state index >= 15 is 0 Å². The van der Waals surface area contributed by atoms with E-state index in [4.69, 9.17) is 5.84 Å². The number of nitrogens with zero attached hydrogens (tertiary/aromatic N) is 2. The van der Waals surface area contributed by atoms with Gasteiger partial charge in [-0.2, -0.15) is 0 Å². The fourth-order valence-corrected chi connectivity index (χ4v) is 2.55. The van der Waals surface area contributed by atoms with E-state index in [2.05, 4.69) is 27.7 Å². The molecule has 0 amide bonds. The van der Waals surface area contributed by atoms with E-state index < -0.39 is 0 Å². The third-order valence-electron chi connectivity index (χ3n) is 2.78. The van der Waals surface area contributed by atoms with Gasteiger partial charge in [0.1, 0.15) is 0 Å².